The van der Waals surface area contributed by atoms with Crippen molar-refractivity contribution < 1.29 is 19.1 Å². The van der Waals surface area contributed by atoms with E-state index in [4.69, 9.17) is 26.8 Å². The molecule has 1 heterocycles. The van der Waals surface area contributed by atoms with E-state index in [9.17, 15) is 9.59 Å². The Labute approximate surface area is 174 Å². The number of anilines is 2. The van der Waals surface area contributed by atoms with Gasteiger partial charge in [-0.2, -0.15) is 0 Å². The van der Waals surface area contributed by atoms with Gasteiger partial charge in [-0.1, -0.05) is 11.6 Å². The number of benzene rings is 2. The number of nitrogens with one attached hydrogen (secondary N) is 1. The summed E-state index contributed by atoms with van der Waals surface area (Å²) in [5.41, 5.74) is 7.44. The first-order valence-electron chi connectivity index (χ1n) is 8.41. The molecule has 0 bridgehead atoms. The van der Waals surface area contributed by atoms with Gasteiger partial charge in [0.1, 0.15) is 5.75 Å². The molecule has 150 valence electrons. The summed E-state index contributed by atoms with van der Waals surface area (Å²) in [4.78, 5) is 26.7. The van der Waals surface area contributed by atoms with E-state index in [0.717, 1.165) is 0 Å². The largest absolute Gasteiger partial charge is 0.496 e. The van der Waals surface area contributed by atoms with Gasteiger partial charge in [-0.15, -0.1) is 12.4 Å². The number of nitrogens with two attached hydrogens (primary N) is 1. The molecule has 1 fully saturated rings. The van der Waals surface area contributed by atoms with Crippen LogP contribution in [0, 0.1) is 0 Å². The van der Waals surface area contributed by atoms with E-state index in [1.807, 2.05) is 0 Å². The summed E-state index contributed by atoms with van der Waals surface area (Å²) >= 11 is 6.01. The van der Waals surface area contributed by atoms with Gasteiger partial charge in [0.05, 0.1) is 36.6 Å². The van der Waals surface area contributed by atoms with Crippen LogP contribution in [-0.4, -0.2) is 50.1 Å². The van der Waals surface area contributed by atoms with E-state index in [2.05, 4.69) is 5.32 Å². The van der Waals surface area contributed by atoms with E-state index >= 15 is 0 Å². The Morgan fingerprint density at radius 2 is 1.82 bits per heavy atom. The molecule has 3 rings (SSSR count). The van der Waals surface area contributed by atoms with E-state index in [-0.39, 0.29) is 34.8 Å². The molecule has 3 N–H and O–H groups in total. The highest BCUT2D eigenvalue weighted by Gasteiger charge is 2.19. The molecule has 0 spiro atoms. The summed E-state index contributed by atoms with van der Waals surface area (Å²) < 4.78 is 10.5. The maximum absolute atomic E-state index is 12.5. The van der Waals surface area contributed by atoms with E-state index in [1.165, 1.54) is 19.2 Å². The van der Waals surface area contributed by atoms with Crippen molar-refractivity contribution in [2.24, 2.45) is 0 Å². The second kappa shape index (κ2) is 9.64. The summed E-state index contributed by atoms with van der Waals surface area (Å²) in [5.74, 6) is -0.113. The van der Waals surface area contributed by atoms with Crippen LogP contribution < -0.4 is 15.8 Å². The lowest BCUT2D eigenvalue weighted by atomic mass is 10.1. The smallest absolute Gasteiger partial charge is 0.259 e. The maximum Gasteiger partial charge on any atom is 0.259 e. The van der Waals surface area contributed by atoms with Gasteiger partial charge in [0, 0.05) is 30.4 Å². The number of methoxy groups -OCH3 is 1. The number of rotatable bonds is 4. The van der Waals surface area contributed by atoms with E-state index in [1.54, 1.807) is 29.2 Å². The fraction of sp³-hybridized carbons (Fsp3) is 0.263. The minimum atomic E-state index is -0.388. The first-order valence-corrected chi connectivity index (χ1v) is 8.79. The van der Waals surface area contributed by atoms with Crippen molar-refractivity contribution in [1.29, 1.82) is 0 Å². The molecule has 7 nitrogen and oxygen atoms in total. The number of nitrogen functional groups attached to an aromatic ring is 1. The zero-order chi connectivity index (χ0) is 19.4. The SMILES string of the molecule is COc1cc(N)c(Cl)cc1C(=O)Nc1ccc(C(=O)N2CCOCC2)cc1.Cl. The van der Waals surface area contributed by atoms with E-state index in [0.29, 0.717) is 49.0 Å². The van der Waals surface area contributed by atoms with Crippen molar-refractivity contribution in [1.82, 2.24) is 4.90 Å². The van der Waals surface area contributed by atoms with Crippen LogP contribution in [0.4, 0.5) is 11.4 Å². The number of carbonyl (C=O) groups excluding carboxylic acids is 2. The molecule has 0 radical (unpaired) electrons. The Morgan fingerprint density at radius 3 is 2.43 bits per heavy atom. The Kier molecular flexibility index (Phi) is 7.51. The fourth-order valence-corrected chi connectivity index (χ4v) is 2.92. The molecule has 0 aliphatic carbocycles. The first-order chi connectivity index (χ1) is 13.0. The van der Waals surface area contributed by atoms with Crippen molar-refractivity contribution in [2.45, 2.75) is 0 Å². The van der Waals surface area contributed by atoms with Gasteiger partial charge >= 0.3 is 0 Å². The highest BCUT2D eigenvalue weighted by Crippen LogP contribution is 2.29. The Morgan fingerprint density at radius 1 is 1.18 bits per heavy atom. The first kappa shape index (κ1) is 21.8. The highest BCUT2D eigenvalue weighted by molar-refractivity contribution is 6.33. The Balaban J connectivity index is 0.00000280. The van der Waals surface area contributed by atoms with Crippen molar-refractivity contribution in [3.8, 4) is 5.75 Å². The number of halogens is 2. The molecule has 9 heteroatoms. The Hall–Kier alpha value is -2.48. The van der Waals surface area contributed by atoms with E-state index < -0.39 is 0 Å². The second-order valence-corrected chi connectivity index (χ2v) is 6.42. The minimum Gasteiger partial charge on any atom is -0.496 e. The van der Waals surface area contributed by atoms with Crippen LogP contribution in [0.15, 0.2) is 36.4 Å². The molecule has 0 saturated carbocycles. The lowest BCUT2D eigenvalue weighted by Gasteiger charge is -2.26. The quantitative estimate of drug-likeness (QED) is 0.733. The maximum atomic E-state index is 12.5. The topological polar surface area (TPSA) is 93.9 Å². The molecule has 2 amide bonds. The van der Waals surface area contributed by atoms with Crippen molar-refractivity contribution in [3.63, 3.8) is 0 Å². The van der Waals surface area contributed by atoms with Crippen LogP contribution in [0.3, 0.4) is 0 Å². The minimum absolute atomic E-state index is 0. The molecule has 28 heavy (non-hydrogen) atoms. The number of morpholine rings is 1. The van der Waals surface area contributed by atoms with Crippen LogP contribution in [0.2, 0.25) is 5.02 Å². The third kappa shape index (κ3) is 4.86. The van der Waals surface area contributed by atoms with Crippen LogP contribution in [0.5, 0.6) is 5.75 Å². The number of carbonyl (C=O) groups is 2. The van der Waals surface area contributed by atoms with Crippen molar-refractivity contribution >= 4 is 47.2 Å². The van der Waals surface area contributed by atoms with Gasteiger partial charge < -0.3 is 25.4 Å². The molecule has 0 atom stereocenters. The number of hydrogen-bond donors (Lipinski definition) is 2. The van der Waals surface area contributed by atoms with Gasteiger partial charge in [0.15, 0.2) is 0 Å². The highest BCUT2D eigenvalue weighted by atomic mass is 35.5. The molecular weight excluding hydrogens is 405 g/mol. The lowest BCUT2D eigenvalue weighted by Crippen LogP contribution is -2.40. The second-order valence-electron chi connectivity index (χ2n) is 6.01. The summed E-state index contributed by atoms with van der Waals surface area (Å²) in [6.45, 7) is 2.25. The zero-order valence-corrected chi connectivity index (χ0v) is 16.8. The lowest BCUT2D eigenvalue weighted by molar-refractivity contribution is 0.0303. The number of amides is 2. The summed E-state index contributed by atoms with van der Waals surface area (Å²) in [6.07, 6.45) is 0. The average molecular weight is 426 g/mol. The van der Waals surface area contributed by atoms with Crippen molar-refractivity contribution in [2.75, 3.05) is 44.5 Å². The van der Waals surface area contributed by atoms with Crippen LogP contribution in [0.1, 0.15) is 20.7 Å². The molecule has 0 unspecified atom stereocenters. The predicted octanol–water partition coefficient (Wildman–Crippen LogP) is 3.08. The molecule has 1 saturated heterocycles. The monoisotopic (exact) mass is 425 g/mol. The van der Waals surface area contributed by atoms with Crippen LogP contribution >= 0.6 is 24.0 Å². The fourth-order valence-electron chi connectivity index (χ4n) is 2.76. The van der Waals surface area contributed by atoms with Gasteiger partial charge in [0.2, 0.25) is 0 Å². The zero-order valence-electron chi connectivity index (χ0n) is 15.2. The normalized spacial score (nSPS) is 13.4. The molecule has 1 aliphatic heterocycles. The van der Waals surface area contributed by atoms with Gasteiger partial charge in [-0.25, -0.2) is 0 Å². The standard InChI is InChI=1S/C19H20ClN3O4.ClH/c1-26-17-11-16(21)15(20)10-14(17)18(24)22-13-4-2-12(3-5-13)19(25)23-6-8-27-9-7-23;/h2-5,10-11H,6-9,21H2,1H3,(H,22,24);1H. The number of hydrogen-bond acceptors (Lipinski definition) is 5. The number of ether oxygens (including phenoxy) is 2. The molecule has 2 aromatic carbocycles. The molecule has 2 aromatic rings. The van der Waals surface area contributed by atoms with Gasteiger partial charge in [-0.05, 0) is 30.3 Å². The van der Waals surface area contributed by atoms with Crippen LogP contribution in [0.25, 0.3) is 0 Å². The third-order valence-corrected chi connectivity index (χ3v) is 4.58. The third-order valence-electron chi connectivity index (χ3n) is 4.25. The predicted molar refractivity (Wildman–Crippen MR) is 111 cm³/mol. The van der Waals surface area contributed by atoms with Crippen LogP contribution in [-0.2, 0) is 4.74 Å². The molecule has 0 aromatic heterocycles. The molecular formula is C19H21Cl2N3O4. The van der Waals surface area contributed by atoms with Gasteiger partial charge in [-0.3, -0.25) is 9.59 Å². The summed E-state index contributed by atoms with van der Waals surface area (Å²) in [6, 6.07) is 9.68. The van der Waals surface area contributed by atoms with Crippen molar-refractivity contribution in [3.05, 3.63) is 52.5 Å². The average Bonchev–Trinajstić information content (AvgIpc) is 2.70. The number of nitrogens with zero attached hydrogens (tertiary/aromatic N) is 1. The summed E-state index contributed by atoms with van der Waals surface area (Å²) in [5, 5.41) is 3.03. The Bertz CT molecular complexity index is 853. The van der Waals surface area contributed by atoms with Gasteiger partial charge in [0.25, 0.3) is 11.8 Å². The molecule has 1 aliphatic rings. The summed E-state index contributed by atoms with van der Waals surface area (Å²) in [7, 11) is 1.45.